The summed E-state index contributed by atoms with van der Waals surface area (Å²) in [5.74, 6) is 1.23. The molecule has 0 amide bonds. The fourth-order valence-corrected chi connectivity index (χ4v) is 2.92. The molecule has 20 heavy (non-hydrogen) atoms. The molecule has 0 saturated heterocycles. The van der Waals surface area contributed by atoms with Crippen molar-refractivity contribution in [3.05, 3.63) is 48.0 Å². The summed E-state index contributed by atoms with van der Waals surface area (Å²) in [4.78, 5) is 0. The van der Waals surface area contributed by atoms with Crippen LogP contribution in [0.1, 0.15) is 58.4 Å². The molecule has 1 N–H and O–H groups in total. The van der Waals surface area contributed by atoms with Crippen molar-refractivity contribution < 1.29 is 0 Å². The minimum atomic E-state index is 0.491. The Morgan fingerprint density at radius 3 is 2.35 bits per heavy atom. The van der Waals surface area contributed by atoms with Crippen LogP contribution in [0.15, 0.2) is 42.5 Å². The number of nitrogens with one attached hydrogen (secondary N) is 1. The van der Waals surface area contributed by atoms with Gasteiger partial charge in [-0.2, -0.15) is 0 Å². The van der Waals surface area contributed by atoms with Gasteiger partial charge in [0.2, 0.25) is 0 Å². The second-order valence-corrected chi connectivity index (χ2v) is 6.04. The Morgan fingerprint density at radius 1 is 1.20 bits per heavy atom. The summed E-state index contributed by atoms with van der Waals surface area (Å²) in [6, 6.07) is 11.4. The molecule has 1 aromatic rings. The van der Waals surface area contributed by atoms with Gasteiger partial charge in [0.1, 0.15) is 0 Å². The van der Waals surface area contributed by atoms with Gasteiger partial charge in [-0.05, 0) is 37.8 Å². The molecular formula is C19H31N. The highest BCUT2D eigenvalue weighted by molar-refractivity contribution is 5.23. The van der Waals surface area contributed by atoms with Gasteiger partial charge in [0, 0.05) is 12.0 Å². The Hall–Kier alpha value is -1.08. The first kappa shape index (κ1) is 17.0. The molecular weight excluding hydrogens is 242 g/mol. The van der Waals surface area contributed by atoms with Crippen LogP contribution in [-0.4, -0.2) is 12.6 Å². The molecule has 0 aliphatic carbocycles. The topological polar surface area (TPSA) is 12.0 Å². The van der Waals surface area contributed by atoms with Gasteiger partial charge in [-0.25, -0.2) is 0 Å². The van der Waals surface area contributed by atoms with E-state index in [4.69, 9.17) is 0 Å². The Balaban J connectivity index is 3.00. The monoisotopic (exact) mass is 273 g/mol. The number of hydrogen-bond acceptors (Lipinski definition) is 1. The summed E-state index contributed by atoms with van der Waals surface area (Å²) in [6.07, 6.45) is 3.44. The van der Waals surface area contributed by atoms with Crippen molar-refractivity contribution in [1.82, 2.24) is 5.32 Å². The Kier molecular flexibility index (Phi) is 7.61. The Bertz CT molecular complexity index is 382. The lowest BCUT2D eigenvalue weighted by Crippen LogP contribution is -2.38. The predicted octanol–water partition coefficient (Wildman–Crippen LogP) is 5.15. The lowest BCUT2D eigenvalue weighted by atomic mass is 9.78. The molecule has 0 saturated carbocycles. The summed E-state index contributed by atoms with van der Waals surface area (Å²) in [6.45, 7) is 14.2. The molecule has 1 heteroatoms. The van der Waals surface area contributed by atoms with E-state index >= 15 is 0 Å². The molecule has 1 rings (SSSR count). The van der Waals surface area contributed by atoms with Crippen LogP contribution < -0.4 is 5.32 Å². The van der Waals surface area contributed by atoms with E-state index in [0.717, 1.165) is 13.0 Å². The summed E-state index contributed by atoms with van der Waals surface area (Å²) < 4.78 is 0. The second-order valence-electron chi connectivity index (χ2n) is 6.04. The van der Waals surface area contributed by atoms with E-state index in [1.165, 1.54) is 24.0 Å². The van der Waals surface area contributed by atoms with Crippen LogP contribution in [0, 0.1) is 5.92 Å². The smallest absolute Gasteiger partial charge is 0.0175 e. The largest absolute Gasteiger partial charge is 0.313 e. The van der Waals surface area contributed by atoms with Crippen molar-refractivity contribution in [3.8, 4) is 0 Å². The predicted molar refractivity (Wildman–Crippen MR) is 90.2 cm³/mol. The average molecular weight is 273 g/mol. The summed E-state index contributed by atoms with van der Waals surface area (Å²) in [5, 5.41) is 3.75. The minimum Gasteiger partial charge on any atom is -0.313 e. The molecule has 0 fully saturated rings. The maximum absolute atomic E-state index is 4.12. The van der Waals surface area contributed by atoms with Gasteiger partial charge in [-0.1, -0.05) is 63.1 Å². The minimum absolute atomic E-state index is 0.491. The maximum Gasteiger partial charge on any atom is 0.0175 e. The standard InChI is InChI=1S/C19H31N/c1-6-13-20-18(14-15(3)4)19(16(5)7-2)17-11-9-8-10-12-17/h8-12,16,18-20H,3,6-7,13-14H2,1-2,4-5H3. The molecule has 0 aliphatic heterocycles. The third-order valence-electron chi connectivity index (χ3n) is 4.10. The van der Waals surface area contributed by atoms with Crippen LogP contribution in [0.5, 0.6) is 0 Å². The molecule has 3 unspecified atom stereocenters. The van der Waals surface area contributed by atoms with Crippen molar-refractivity contribution >= 4 is 0 Å². The molecule has 0 heterocycles. The normalized spacial score (nSPS) is 15.6. The van der Waals surface area contributed by atoms with Crippen LogP contribution in [-0.2, 0) is 0 Å². The molecule has 0 radical (unpaired) electrons. The summed E-state index contributed by atoms with van der Waals surface area (Å²) >= 11 is 0. The van der Waals surface area contributed by atoms with Crippen molar-refractivity contribution in [2.45, 2.75) is 58.9 Å². The first-order valence-electron chi connectivity index (χ1n) is 8.02. The fraction of sp³-hybridized carbons (Fsp3) is 0.579. The van der Waals surface area contributed by atoms with Crippen LogP contribution in [0.3, 0.4) is 0 Å². The van der Waals surface area contributed by atoms with E-state index in [0.29, 0.717) is 17.9 Å². The van der Waals surface area contributed by atoms with Gasteiger partial charge < -0.3 is 5.32 Å². The number of rotatable bonds is 9. The Morgan fingerprint density at radius 2 is 1.85 bits per heavy atom. The zero-order valence-corrected chi connectivity index (χ0v) is 13.7. The van der Waals surface area contributed by atoms with Crippen LogP contribution >= 0.6 is 0 Å². The van der Waals surface area contributed by atoms with Gasteiger partial charge in [-0.3, -0.25) is 0 Å². The fourth-order valence-electron chi connectivity index (χ4n) is 2.92. The lowest BCUT2D eigenvalue weighted by molar-refractivity contribution is 0.332. The SMILES string of the molecule is C=C(C)CC(NCCC)C(c1ccccc1)C(C)CC. The number of benzene rings is 1. The zero-order valence-electron chi connectivity index (χ0n) is 13.7. The van der Waals surface area contributed by atoms with Gasteiger partial charge in [0.25, 0.3) is 0 Å². The zero-order chi connectivity index (χ0) is 15.0. The van der Waals surface area contributed by atoms with Crippen LogP contribution in [0.4, 0.5) is 0 Å². The molecule has 0 aromatic heterocycles. The quantitative estimate of drug-likeness (QED) is 0.613. The molecule has 1 nitrogen and oxygen atoms in total. The first-order chi connectivity index (χ1) is 9.60. The highest BCUT2D eigenvalue weighted by atomic mass is 14.9. The van der Waals surface area contributed by atoms with Gasteiger partial charge in [0.15, 0.2) is 0 Å². The van der Waals surface area contributed by atoms with E-state index in [2.05, 4.69) is 69.9 Å². The second kappa shape index (κ2) is 8.97. The van der Waals surface area contributed by atoms with E-state index in [1.807, 2.05) is 0 Å². The first-order valence-corrected chi connectivity index (χ1v) is 8.02. The molecule has 0 bridgehead atoms. The van der Waals surface area contributed by atoms with Crippen molar-refractivity contribution in [3.63, 3.8) is 0 Å². The van der Waals surface area contributed by atoms with E-state index in [9.17, 15) is 0 Å². The molecule has 0 spiro atoms. The van der Waals surface area contributed by atoms with E-state index in [-0.39, 0.29) is 0 Å². The van der Waals surface area contributed by atoms with Crippen molar-refractivity contribution in [1.29, 1.82) is 0 Å². The molecule has 3 atom stereocenters. The Labute approximate surface area is 125 Å². The average Bonchev–Trinajstić information content (AvgIpc) is 2.45. The van der Waals surface area contributed by atoms with E-state index < -0.39 is 0 Å². The molecule has 0 aliphatic rings. The molecule has 1 aromatic carbocycles. The third-order valence-corrected chi connectivity index (χ3v) is 4.10. The van der Waals surface area contributed by atoms with Crippen LogP contribution in [0.25, 0.3) is 0 Å². The summed E-state index contributed by atoms with van der Waals surface area (Å²) in [7, 11) is 0. The number of hydrogen-bond donors (Lipinski definition) is 1. The van der Waals surface area contributed by atoms with Gasteiger partial charge >= 0.3 is 0 Å². The van der Waals surface area contributed by atoms with Gasteiger partial charge in [0.05, 0.1) is 0 Å². The van der Waals surface area contributed by atoms with Crippen molar-refractivity contribution in [2.75, 3.05) is 6.54 Å². The summed E-state index contributed by atoms with van der Waals surface area (Å²) in [5.41, 5.74) is 2.72. The molecule has 112 valence electrons. The highest BCUT2D eigenvalue weighted by Crippen LogP contribution is 2.32. The highest BCUT2D eigenvalue weighted by Gasteiger charge is 2.26. The van der Waals surface area contributed by atoms with Gasteiger partial charge in [-0.15, -0.1) is 6.58 Å². The van der Waals surface area contributed by atoms with Crippen molar-refractivity contribution in [2.24, 2.45) is 5.92 Å². The van der Waals surface area contributed by atoms with Crippen LogP contribution in [0.2, 0.25) is 0 Å². The van der Waals surface area contributed by atoms with E-state index in [1.54, 1.807) is 0 Å². The maximum atomic E-state index is 4.12. The lowest BCUT2D eigenvalue weighted by Gasteiger charge is -2.33. The third kappa shape index (κ3) is 5.13.